The Balaban J connectivity index is 2.69. The quantitative estimate of drug-likeness (QED) is 0.769. The van der Waals surface area contributed by atoms with E-state index >= 15 is 0 Å². The summed E-state index contributed by atoms with van der Waals surface area (Å²) < 4.78 is 0. The first kappa shape index (κ1) is 10.0. The zero-order valence-electron chi connectivity index (χ0n) is 8.83. The molecule has 0 aliphatic carbocycles. The number of pyridine rings is 1. The number of hydrogen-bond donors (Lipinski definition) is 1. The maximum absolute atomic E-state index is 4.23. The highest BCUT2D eigenvalue weighted by atomic mass is 14.9. The van der Waals surface area contributed by atoms with Crippen molar-refractivity contribution in [3.8, 4) is 0 Å². The van der Waals surface area contributed by atoms with Gasteiger partial charge in [0.15, 0.2) is 0 Å². The zero-order valence-corrected chi connectivity index (χ0v) is 8.83. The second-order valence-electron chi connectivity index (χ2n) is 3.81. The largest absolute Gasteiger partial charge is 0.381 e. The Labute approximate surface area is 80.4 Å². The lowest BCUT2D eigenvalue weighted by molar-refractivity contribution is 0.559. The molecule has 0 aliphatic heterocycles. The van der Waals surface area contributed by atoms with E-state index in [9.17, 15) is 0 Å². The van der Waals surface area contributed by atoms with Gasteiger partial charge in [-0.1, -0.05) is 13.8 Å². The number of rotatable bonds is 3. The summed E-state index contributed by atoms with van der Waals surface area (Å²) in [4.78, 5) is 4.23. The summed E-state index contributed by atoms with van der Waals surface area (Å²) in [7, 11) is 0. The van der Waals surface area contributed by atoms with Gasteiger partial charge in [0.2, 0.25) is 0 Å². The van der Waals surface area contributed by atoms with Crippen molar-refractivity contribution < 1.29 is 0 Å². The molecule has 0 bridgehead atoms. The van der Waals surface area contributed by atoms with Crippen molar-refractivity contribution in [2.45, 2.75) is 33.7 Å². The summed E-state index contributed by atoms with van der Waals surface area (Å²) in [5.41, 5.74) is 2.21. The van der Waals surface area contributed by atoms with Crippen LogP contribution in [0.5, 0.6) is 0 Å². The smallest absolute Gasteiger partial charge is 0.0603 e. The van der Waals surface area contributed by atoms with Crippen molar-refractivity contribution in [2.75, 3.05) is 5.32 Å². The predicted molar refractivity (Wildman–Crippen MR) is 56.9 cm³/mol. The molecule has 13 heavy (non-hydrogen) atoms. The number of nitrogens with one attached hydrogen (secondary N) is 1. The van der Waals surface area contributed by atoms with Crippen LogP contribution in [0.3, 0.4) is 0 Å². The zero-order chi connectivity index (χ0) is 9.84. The third-order valence-electron chi connectivity index (χ3n) is 2.39. The van der Waals surface area contributed by atoms with Crippen LogP contribution in [0.1, 0.15) is 26.5 Å². The Morgan fingerprint density at radius 3 is 2.54 bits per heavy atom. The molecule has 0 aliphatic rings. The van der Waals surface area contributed by atoms with Gasteiger partial charge in [-0.3, -0.25) is 4.98 Å². The lowest BCUT2D eigenvalue weighted by Crippen LogP contribution is -2.22. The molecule has 1 rings (SSSR count). The summed E-state index contributed by atoms with van der Waals surface area (Å²) in [6, 6.07) is 4.52. The third kappa shape index (κ3) is 2.72. The Kier molecular flexibility index (Phi) is 3.29. The van der Waals surface area contributed by atoms with Crippen molar-refractivity contribution in [3.05, 3.63) is 24.0 Å². The second-order valence-corrected chi connectivity index (χ2v) is 3.81. The lowest BCUT2D eigenvalue weighted by Gasteiger charge is -2.19. The minimum absolute atomic E-state index is 0.489. The van der Waals surface area contributed by atoms with Gasteiger partial charge >= 0.3 is 0 Å². The fraction of sp³-hybridized carbons (Fsp3) is 0.545. The van der Waals surface area contributed by atoms with Crippen molar-refractivity contribution >= 4 is 5.69 Å². The van der Waals surface area contributed by atoms with Crippen LogP contribution in [0.2, 0.25) is 0 Å². The monoisotopic (exact) mass is 178 g/mol. The first-order chi connectivity index (χ1) is 6.11. The first-order valence-corrected chi connectivity index (χ1v) is 4.79. The molecule has 0 unspecified atom stereocenters. The molecule has 2 nitrogen and oxygen atoms in total. The molecular formula is C11H18N2. The lowest BCUT2D eigenvalue weighted by atomic mass is 10.1. The Bertz CT molecular complexity index is 269. The van der Waals surface area contributed by atoms with E-state index in [2.05, 4.69) is 37.1 Å². The molecule has 1 N–H and O–H groups in total. The molecule has 1 atom stereocenters. The SMILES string of the molecule is Cc1ncccc1N[C@H](C)C(C)C. The van der Waals surface area contributed by atoms with Crippen LogP contribution in [-0.4, -0.2) is 11.0 Å². The van der Waals surface area contributed by atoms with Crippen molar-refractivity contribution in [1.29, 1.82) is 0 Å². The maximum Gasteiger partial charge on any atom is 0.0603 e. The molecular weight excluding hydrogens is 160 g/mol. The van der Waals surface area contributed by atoms with Crippen LogP contribution in [-0.2, 0) is 0 Å². The molecule has 0 saturated carbocycles. The summed E-state index contributed by atoms with van der Waals surface area (Å²) in [5.74, 6) is 0.639. The normalized spacial score (nSPS) is 13.0. The summed E-state index contributed by atoms with van der Waals surface area (Å²) in [5, 5.41) is 3.45. The second kappa shape index (κ2) is 4.26. The highest BCUT2D eigenvalue weighted by Crippen LogP contribution is 2.14. The summed E-state index contributed by atoms with van der Waals surface area (Å²) in [6.45, 7) is 8.64. The van der Waals surface area contributed by atoms with E-state index < -0.39 is 0 Å². The van der Waals surface area contributed by atoms with E-state index in [1.54, 1.807) is 0 Å². The van der Waals surface area contributed by atoms with Gasteiger partial charge in [-0.05, 0) is 31.9 Å². The standard InChI is InChI=1S/C11H18N2/c1-8(2)9(3)13-11-6-5-7-12-10(11)4/h5-9,13H,1-4H3/t9-/m1/s1. The van der Waals surface area contributed by atoms with Crippen LogP contribution in [0.15, 0.2) is 18.3 Å². The van der Waals surface area contributed by atoms with Gasteiger partial charge in [0.1, 0.15) is 0 Å². The van der Waals surface area contributed by atoms with E-state index in [1.165, 1.54) is 0 Å². The van der Waals surface area contributed by atoms with Crippen LogP contribution in [0.4, 0.5) is 5.69 Å². The maximum atomic E-state index is 4.23. The van der Waals surface area contributed by atoms with Gasteiger partial charge in [0.25, 0.3) is 0 Å². The van der Waals surface area contributed by atoms with Crippen LogP contribution in [0, 0.1) is 12.8 Å². The molecule has 0 aromatic carbocycles. The fourth-order valence-corrected chi connectivity index (χ4v) is 1.05. The molecule has 1 heterocycles. The molecule has 72 valence electrons. The molecule has 0 radical (unpaired) electrons. The van der Waals surface area contributed by atoms with Crippen molar-refractivity contribution in [3.63, 3.8) is 0 Å². The third-order valence-corrected chi connectivity index (χ3v) is 2.39. The van der Waals surface area contributed by atoms with Gasteiger partial charge in [0, 0.05) is 12.2 Å². The van der Waals surface area contributed by atoms with Crippen molar-refractivity contribution in [1.82, 2.24) is 4.98 Å². The number of anilines is 1. The number of aromatic nitrogens is 1. The van der Waals surface area contributed by atoms with E-state index in [0.29, 0.717) is 12.0 Å². The average molecular weight is 178 g/mol. The Hall–Kier alpha value is -1.05. The number of nitrogens with zero attached hydrogens (tertiary/aromatic N) is 1. The Morgan fingerprint density at radius 2 is 2.00 bits per heavy atom. The van der Waals surface area contributed by atoms with Crippen molar-refractivity contribution in [2.24, 2.45) is 5.92 Å². The molecule has 0 fully saturated rings. The van der Waals surface area contributed by atoms with Gasteiger partial charge in [-0.2, -0.15) is 0 Å². The van der Waals surface area contributed by atoms with Gasteiger partial charge < -0.3 is 5.32 Å². The highest BCUT2D eigenvalue weighted by Gasteiger charge is 2.07. The fourth-order valence-electron chi connectivity index (χ4n) is 1.05. The summed E-state index contributed by atoms with van der Waals surface area (Å²) in [6.07, 6.45) is 1.82. The molecule has 1 aromatic rings. The van der Waals surface area contributed by atoms with Gasteiger partial charge in [-0.15, -0.1) is 0 Å². The molecule has 1 aromatic heterocycles. The minimum atomic E-state index is 0.489. The Morgan fingerprint density at radius 1 is 1.31 bits per heavy atom. The van der Waals surface area contributed by atoms with Crippen LogP contribution < -0.4 is 5.32 Å². The van der Waals surface area contributed by atoms with E-state index in [4.69, 9.17) is 0 Å². The van der Waals surface area contributed by atoms with Gasteiger partial charge in [-0.25, -0.2) is 0 Å². The topological polar surface area (TPSA) is 24.9 Å². The van der Waals surface area contributed by atoms with E-state index in [0.717, 1.165) is 11.4 Å². The predicted octanol–water partition coefficient (Wildman–Crippen LogP) is 2.85. The number of hydrogen-bond acceptors (Lipinski definition) is 2. The molecule has 0 amide bonds. The summed E-state index contributed by atoms with van der Waals surface area (Å²) >= 11 is 0. The molecule has 0 spiro atoms. The molecule has 0 saturated heterocycles. The molecule has 2 heteroatoms. The van der Waals surface area contributed by atoms with E-state index in [-0.39, 0.29) is 0 Å². The van der Waals surface area contributed by atoms with E-state index in [1.807, 2.05) is 19.2 Å². The average Bonchev–Trinajstić information content (AvgIpc) is 2.08. The highest BCUT2D eigenvalue weighted by molar-refractivity contribution is 5.47. The van der Waals surface area contributed by atoms with Gasteiger partial charge in [0.05, 0.1) is 11.4 Å². The van der Waals surface area contributed by atoms with Crippen LogP contribution >= 0.6 is 0 Å². The number of aryl methyl sites for hydroxylation is 1. The van der Waals surface area contributed by atoms with Crippen LogP contribution in [0.25, 0.3) is 0 Å². The first-order valence-electron chi connectivity index (χ1n) is 4.79. The minimum Gasteiger partial charge on any atom is -0.381 e.